The molecule has 0 saturated carbocycles. The first-order valence-electron chi connectivity index (χ1n) is 19.4. The maximum atomic E-state index is 2.45. The van der Waals surface area contributed by atoms with Crippen LogP contribution in [0.2, 0.25) is 0 Å². The standard InChI is InChI=1S/C54H39N3/c1-7-19-40(20-8-1)42-31-33-53-51(35-42)52-36-43(41-21-9-2-10-22-41)32-34-54(52)57(53)50-38-48(55(44-23-11-3-12-24-44)45-25-13-4-14-26-45)37-49(39-50)56(46-27-15-5-16-28-46)47-29-17-6-18-30-47/h1-39H. The van der Waals surface area contributed by atoms with Crippen LogP contribution in [0.3, 0.4) is 0 Å². The number of nitrogens with zero attached hydrogens (tertiary/aromatic N) is 3. The first-order valence-corrected chi connectivity index (χ1v) is 19.4. The lowest BCUT2D eigenvalue weighted by Gasteiger charge is -2.30. The molecule has 0 radical (unpaired) electrons. The molecule has 0 unspecified atom stereocenters. The molecule has 10 aromatic rings. The molecule has 0 N–H and O–H groups in total. The van der Waals surface area contributed by atoms with Gasteiger partial charge >= 0.3 is 0 Å². The summed E-state index contributed by atoms with van der Waals surface area (Å²) in [6.07, 6.45) is 0. The minimum Gasteiger partial charge on any atom is -0.310 e. The Kier molecular flexibility index (Phi) is 8.86. The third-order valence-electron chi connectivity index (χ3n) is 10.7. The van der Waals surface area contributed by atoms with Crippen LogP contribution in [0.5, 0.6) is 0 Å². The van der Waals surface area contributed by atoms with E-state index in [0.717, 1.165) is 50.8 Å². The third kappa shape index (κ3) is 6.52. The van der Waals surface area contributed by atoms with Crippen molar-refractivity contribution < 1.29 is 0 Å². The second-order valence-electron chi connectivity index (χ2n) is 14.3. The molecule has 0 aliphatic rings. The highest BCUT2D eigenvalue weighted by molar-refractivity contribution is 6.12. The second kappa shape index (κ2) is 14.9. The topological polar surface area (TPSA) is 11.4 Å². The predicted octanol–water partition coefficient (Wildman–Crippen LogP) is 15.1. The van der Waals surface area contributed by atoms with Gasteiger partial charge in [-0.1, -0.05) is 146 Å². The van der Waals surface area contributed by atoms with Crippen molar-refractivity contribution in [3.63, 3.8) is 0 Å². The van der Waals surface area contributed by atoms with Crippen molar-refractivity contribution in [2.24, 2.45) is 0 Å². The van der Waals surface area contributed by atoms with Gasteiger partial charge in [-0.05, 0) is 113 Å². The monoisotopic (exact) mass is 729 g/mol. The van der Waals surface area contributed by atoms with Gasteiger partial charge in [0.25, 0.3) is 0 Å². The Labute approximate surface area is 333 Å². The number of para-hydroxylation sites is 4. The van der Waals surface area contributed by atoms with E-state index in [-0.39, 0.29) is 0 Å². The van der Waals surface area contributed by atoms with Crippen molar-refractivity contribution in [3.8, 4) is 27.9 Å². The molecule has 0 bridgehead atoms. The second-order valence-corrected chi connectivity index (χ2v) is 14.3. The highest BCUT2D eigenvalue weighted by Crippen LogP contribution is 2.44. The summed E-state index contributed by atoms with van der Waals surface area (Å²) in [7, 11) is 0. The zero-order valence-electron chi connectivity index (χ0n) is 31.4. The van der Waals surface area contributed by atoms with Crippen LogP contribution >= 0.6 is 0 Å². The summed E-state index contributed by atoms with van der Waals surface area (Å²) < 4.78 is 2.45. The van der Waals surface area contributed by atoms with E-state index in [9.17, 15) is 0 Å². The molecule has 0 aliphatic carbocycles. The summed E-state index contributed by atoms with van der Waals surface area (Å²) in [5.41, 5.74) is 14.6. The smallest absolute Gasteiger partial charge is 0.0541 e. The van der Waals surface area contributed by atoms with Crippen LogP contribution in [0, 0.1) is 0 Å². The summed E-state index contributed by atoms with van der Waals surface area (Å²) in [5, 5.41) is 2.42. The molecule has 57 heavy (non-hydrogen) atoms. The lowest BCUT2D eigenvalue weighted by atomic mass is 10.0. The fraction of sp³-hybridized carbons (Fsp3) is 0. The summed E-state index contributed by atoms with van der Waals surface area (Å²) >= 11 is 0. The van der Waals surface area contributed by atoms with Gasteiger partial charge in [0.1, 0.15) is 0 Å². The van der Waals surface area contributed by atoms with Gasteiger partial charge in [0.05, 0.1) is 28.1 Å². The summed E-state index contributed by atoms with van der Waals surface area (Å²) in [6.45, 7) is 0. The molecule has 3 heteroatoms. The van der Waals surface area contributed by atoms with E-state index in [1.807, 2.05) is 0 Å². The van der Waals surface area contributed by atoms with Crippen molar-refractivity contribution in [2.75, 3.05) is 9.80 Å². The van der Waals surface area contributed by atoms with Crippen LogP contribution in [0.15, 0.2) is 237 Å². The van der Waals surface area contributed by atoms with E-state index in [2.05, 4.69) is 251 Å². The fourth-order valence-electron chi connectivity index (χ4n) is 8.09. The van der Waals surface area contributed by atoms with E-state index in [4.69, 9.17) is 0 Å². The van der Waals surface area contributed by atoms with Gasteiger partial charge in [-0.25, -0.2) is 0 Å². The van der Waals surface area contributed by atoms with Gasteiger partial charge in [0, 0.05) is 33.5 Å². The van der Waals surface area contributed by atoms with Crippen LogP contribution in [-0.4, -0.2) is 4.57 Å². The van der Waals surface area contributed by atoms with E-state index in [0.29, 0.717) is 0 Å². The molecule has 1 aromatic heterocycles. The van der Waals surface area contributed by atoms with E-state index >= 15 is 0 Å². The Hall–Kier alpha value is -7.62. The first kappa shape index (κ1) is 33.9. The average molecular weight is 730 g/mol. The van der Waals surface area contributed by atoms with Crippen molar-refractivity contribution >= 4 is 55.9 Å². The molecule has 0 aliphatic heterocycles. The highest BCUT2D eigenvalue weighted by atomic mass is 15.2. The summed E-state index contributed by atoms with van der Waals surface area (Å²) in [6, 6.07) is 84.8. The molecule has 0 atom stereocenters. The number of hydrogen-bond acceptors (Lipinski definition) is 2. The zero-order chi connectivity index (χ0) is 38.0. The Morgan fingerprint density at radius 2 is 0.561 bits per heavy atom. The molecule has 1 heterocycles. The van der Waals surface area contributed by atoms with Crippen molar-refractivity contribution in [1.82, 2.24) is 4.57 Å². The Morgan fingerprint density at radius 1 is 0.246 bits per heavy atom. The maximum Gasteiger partial charge on any atom is 0.0541 e. The normalized spacial score (nSPS) is 11.2. The van der Waals surface area contributed by atoms with Crippen molar-refractivity contribution in [3.05, 3.63) is 237 Å². The van der Waals surface area contributed by atoms with Gasteiger partial charge in [0.15, 0.2) is 0 Å². The molecule has 0 fully saturated rings. The van der Waals surface area contributed by atoms with Crippen molar-refractivity contribution in [1.29, 1.82) is 0 Å². The molecule has 10 rings (SSSR count). The zero-order valence-corrected chi connectivity index (χ0v) is 31.4. The SMILES string of the molecule is c1ccc(-c2ccc3c(c2)c2cc(-c4ccccc4)ccc2n3-c2cc(N(c3ccccc3)c3ccccc3)cc(N(c3ccccc3)c3ccccc3)c2)cc1. The molecule has 270 valence electrons. The lowest BCUT2D eigenvalue weighted by Crippen LogP contribution is -2.14. The minimum absolute atomic E-state index is 1.05. The fourth-order valence-corrected chi connectivity index (χ4v) is 8.09. The average Bonchev–Trinajstić information content (AvgIpc) is 3.62. The van der Waals surface area contributed by atoms with Crippen molar-refractivity contribution in [2.45, 2.75) is 0 Å². The Bertz CT molecular complexity index is 2650. The maximum absolute atomic E-state index is 2.45. The first-order chi connectivity index (χ1) is 28.3. The quantitative estimate of drug-likeness (QED) is 0.147. The number of anilines is 6. The minimum atomic E-state index is 1.05. The number of fused-ring (bicyclic) bond motifs is 3. The van der Waals surface area contributed by atoms with Crippen LogP contribution < -0.4 is 9.80 Å². The van der Waals surface area contributed by atoms with Crippen LogP contribution in [-0.2, 0) is 0 Å². The number of hydrogen-bond donors (Lipinski definition) is 0. The number of rotatable bonds is 9. The van der Waals surface area contributed by atoms with Gasteiger partial charge in [0.2, 0.25) is 0 Å². The molecule has 0 amide bonds. The largest absolute Gasteiger partial charge is 0.310 e. The van der Waals surface area contributed by atoms with E-state index < -0.39 is 0 Å². The summed E-state index contributed by atoms with van der Waals surface area (Å²) in [5.74, 6) is 0. The van der Waals surface area contributed by atoms with Gasteiger partial charge in [-0.3, -0.25) is 0 Å². The lowest BCUT2D eigenvalue weighted by molar-refractivity contribution is 1.16. The van der Waals surface area contributed by atoms with Gasteiger partial charge < -0.3 is 14.4 Å². The summed E-state index contributed by atoms with van der Waals surface area (Å²) in [4.78, 5) is 4.71. The van der Waals surface area contributed by atoms with Gasteiger partial charge in [-0.15, -0.1) is 0 Å². The molecule has 9 aromatic carbocycles. The van der Waals surface area contributed by atoms with E-state index in [1.54, 1.807) is 0 Å². The van der Waals surface area contributed by atoms with Crippen LogP contribution in [0.1, 0.15) is 0 Å². The van der Waals surface area contributed by atoms with Crippen LogP contribution in [0.4, 0.5) is 34.1 Å². The molecular formula is C54H39N3. The molecule has 0 spiro atoms. The number of benzene rings is 9. The van der Waals surface area contributed by atoms with Gasteiger partial charge in [-0.2, -0.15) is 0 Å². The Morgan fingerprint density at radius 3 is 0.895 bits per heavy atom. The number of aromatic nitrogens is 1. The molecule has 3 nitrogen and oxygen atoms in total. The highest BCUT2D eigenvalue weighted by Gasteiger charge is 2.22. The Balaban J connectivity index is 1.28. The third-order valence-corrected chi connectivity index (χ3v) is 10.7. The molecular weight excluding hydrogens is 691 g/mol. The molecule has 0 saturated heterocycles. The van der Waals surface area contributed by atoms with Crippen LogP contribution in [0.25, 0.3) is 49.7 Å². The predicted molar refractivity (Wildman–Crippen MR) is 241 cm³/mol. The van der Waals surface area contributed by atoms with E-state index in [1.165, 1.54) is 33.0 Å².